The van der Waals surface area contributed by atoms with Crippen LogP contribution >= 0.6 is 0 Å². The van der Waals surface area contributed by atoms with Crippen molar-refractivity contribution in [2.75, 3.05) is 10.6 Å². The van der Waals surface area contributed by atoms with Gasteiger partial charge in [0, 0.05) is 29.1 Å². The van der Waals surface area contributed by atoms with E-state index < -0.39 is 30.0 Å². The fraction of sp³-hybridized carbons (Fsp3) is 0.0385. The van der Waals surface area contributed by atoms with E-state index in [2.05, 4.69) is 20.6 Å². The Morgan fingerprint density at radius 3 is 2.31 bits per heavy atom. The number of carbonyl (C=O) groups is 3. The third-order valence-electron chi connectivity index (χ3n) is 5.12. The van der Waals surface area contributed by atoms with E-state index in [1.165, 1.54) is 30.6 Å². The highest BCUT2D eigenvalue weighted by Crippen LogP contribution is 2.31. The maximum absolute atomic E-state index is 14.2. The Labute approximate surface area is 199 Å². The summed E-state index contributed by atoms with van der Waals surface area (Å²) in [5.41, 5.74) is 2.67. The average Bonchev–Trinajstić information content (AvgIpc) is 2.86. The number of ketones is 1. The number of anilines is 2. The van der Waals surface area contributed by atoms with Crippen LogP contribution in [-0.2, 0) is 4.79 Å². The fourth-order valence-electron chi connectivity index (χ4n) is 3.50. The van der Waals surface area contributed by atoms with Gasteiger partial charge < -0.3 is 10.4 Å². The number of hydrogen-bond donors (Lipinski definition) is 3. The van der Waals surface area contributed by atoms with E-state index in [-0.39, 0.29) is 16.9 Å². The molecule has 4 rings (SSSR count). The van der Waals surface area contributed by atoms with Gasteiger partial charge in [-0.25, -0.2) is 19.2 Å². The highest BCUT2D eigenvalue weighted by molar-refractivity contribution is 6.12. The van der Waals surface area contributed by atoms with Crippen LogP contribution in [0, 0.1) is 5.82 Å². The lowest BCUT2D eigenvalue weighted by Crippen LogP contribution is -2.18. The van der Waals surface area contributed by atoms with Crippen molar-refractivity contribution in [3.63, 3.8) is 0 Å². The summed E-state index contributed by atoms with van der Waals surface area (Å²) >= 11 is 0. The molecule has 3 aromatic carbocycles. The third-order valence-corrected chi connectivity index (χ3v) is 5.12. The van der Waals surface area contributed by atoms with Crippen LogP contribution in [0.3, 0.4) is 0 Å². The van der Waals surface area contributed by atoms with E-state index in [1.54, 1.807) is 54.9 Å². The van der Waals surface area contributed by atoms with Crippen LogP contribution < -0.4 is 10.6 Å². The Hall–Kier alpha value is -4.92. The minimum Gasteiger partial charge on any atom is -0.465 e. The van der Waals surface area contributed by atoms with Gasteiger partial charge in [-0.05, 0) is 35.4 Å². The van der Waals surface area contributed by atoms with E-state index >= 15 is 0 Å². The second-order valence-corrected chi connectivity index (χ2v) is 7.53. The van der Waals surface area contributed by atoms with Gasteiger partial charge in [0.1, 0.15) is 12.1 Å². The number of nitrogens with zero attached hydrogens (tertiary/aromatic N) is 2. The van der Waals surface area contributed by atoms with Crippen LogP contribution in [0.1, 0.15) is 16.8 Å². The van der Waals surface area contributed by atoms with Crippen molar-refractivity contribution >= 4 is 29.2 Å². The van der Waals surface area contributed by atoms with Crippen molar-refractivity contribution < 1.29 is 23.9 Å². The Morgan fingerprint density at radius 1 is 0.800 bits per heavy atom. The van der Waals surface area contributed by atoms with E-state index in [1.807, 2.05) is 0 Å². The normalized spacial score (nSPS) is 10.4. The second-order valence-electron chi connectivity index (χ2n) is 7.53. The highest BCUT2D eigenvalue weighted by atomic mass is 19.1. The molecular weight excluding hydrogens is 451 g/mol. The lowest BCUT2D eigenvalue weighted by molar-refractivity contribution is -0.115. The topological polar surface area (TPSA) is 121 Å². The quantitative estimate of drug-likeness (QED) is 0.251. The summed E-state index contributed by atoms with van der Waals surface area (Å²) in [6.07, 6.45) is 2.81. The monoisotopic (exact) mass is 470 g/mol. The molecule has 0 bridgehead atoms. The maximum atomic E-state index is 14.2. The molecule has 0 fully saturated rings. The van der Waals surface area contributed by atoms with Gasteiger partial charge >= 0.3 is 6.09 Å². The molecule has 2 amide bonds. The molecular formula is C26H19FN4O4. The summed E-state index contributed by atoms with van der Waals surface area (Å²) in [4.78, 5) is 44.6. The van der Waals surface area contributed by atoms with Crippen LogP contribution in [-0.4, -0.2) is 32.9 Å². The number of benzene rings is 3. The maximum Gasteiger partial charge on any atom is 0.409 e. The summed E-state index contributed by atoms with van der Waals surface area (Å²) < 4.78 is 14.2. The van der Waals surface area contributed by atoms with Crippen molar-refractivity contribution in [2.24, 2.45) is 0 Å². The number of rotatable bonds is 7. The predicted octanol–water partition coefficient (Wildman–Crippen LogP) is 5.25. The Bertz CT molecular complexity index is 1410. The van der Waals surface area contributed by atoms with Gasteiger partial charge in [-0.15, -0.1) is 0 Å². The van der Waals surface area contributed by atoms with Crippen molar-refractivity contribution in [2.45, 2.75) is 6.42 Å². The van der Waals surface area contributed by atoms with Gasteiger partial charge in [0.15, 0.2) is 5.78 Å². The van der Waals surface area contributed by atoms with Crippen molar-refractivity contribution in [1.82, 2.24) is 9.97 Å². The first-order valence-electron chi connectivity index (χ1n) is 10.5. The molecule has 0 aliphatic heterocycles. The van der Waals surface area contributed by atoms with Gasteiger partial charge in [0.2, 0.25) is 5.91 Å². The molecule has 1 heterocycles. The molecule has 0 saturated heterocycles. The number of amides is 2. The Morgan fingerprint density at radius 2 is 1.57 bits per heavy atom. The third kappa shape index (κ3) is 5.72. The largest absolute Gasteiger partial charge is 0.465 e. The summed E-state index contributed by atoms with van der Waals surface area (Å²) in [5.74, 6) is -1.55. The smallest absolute Gasteiger partial charge is 0.409 e. The minimum atomic E-state index is -1.34. The number of nitrogens with one attached hydrogen (secondary N) is 2. The van der Waals surface area contributed by atoms with E-state index in [4.69, 9.17) is 5.11 Å². The summed E-state index contributed by atoms with van der Waals surface area (Å²) in [6.45, 7) is 0. The van der Waals surface area contributed by atoms with Crippen LogP contribution in [0.25, 0.3) is 22.3 Å². The first-order valence-corrected chi connectivity index (χ1v) is 10.5. The molecule has 0 atom stereocenters. The molecule has 35 heavy (non-hydrogen) atoms. The van der Waals surface area contributed by atoms with Gasteiger partial charge in [-0.1, -0.05) is 42.5 Å². The molecule has 1 aromatic heterocycles. The van der Waals surface area contributed by atoms with Crippen LogP contribution in [0.15, 0.2) is 85.5 Å². The Kier molecular flexibility index (Phi) is 6.87. The van der Waals surface area contributed by atoms with Crippen LogP contribution in [0.5, 0.6) is 0 Å². The van der Waals surface area contributed by atoms with Gasteiger partial charge in [-0.2, -0.15) is 0 Å². The second kappa shape index (κ2) is 10.3. The molecule has 174 valence electrons. The molecule has 0 saturated carbocycles. The fourth-order valence-corrected chi connectivity index (χ4v) is 3.50. The van der Waals surface area contributed by atoms with Gasteiger partial charge in [0.05, 0.1) is 17.8 Å². The zero-order valence-corrected chi connectivity index (χ0v) is 18.2. The van der Waals surface area contributed by atoms with Crippen LogP contribution in [0.2, 0.25) is 0 Å². The number of halogens is 1. The molecule has 0 spiro atoms. The lowest BCUT2D eigenvalue weighted by Gasteiger charge is -2.13. The molecule has 0 radical (unpaired) electrons. The number of hydrogen-bond acceptors (Lipinski definition) is 5. The van der Waals surface area contributed by atoms with Gasteiger partial charge in [0.25, 0.3) is 0 Å². The van der Waals surface area contributed by atoms with Crippen molar-refractivity contribution in [3.05, 3.63) is 96.8 Å². The SMILES string of the molecule is O=C(O)Nc1ccc(-c2ccccc2F)cc1NC(=O)CC(=O)c1cccc(-c2cncnc2)c1. The molecule has 0 aliphatic rings. The van der Waals surface area contributed by atoms with E-state index in [0.717, 1.165) is 11.1 Å². The number of carboxylic acid groups (broad SMARTS) is 1. The summed E-state index contributed by atoms with van der Waals surface area (Å²) in [6, 6.07) is 17.2. The Balaban J connectivity index is 1.55. The first-order chi connectivity index (χ1) is 16.9. The minimum absolute atomic E-state index is 0.0875. The molecule has 4 aromatic rings. The van der Waals surface area contributed by atoms with Gasteiger partial charge in [-0.3, -0.25) is 14.9 Å². The number of Topliss-reactive ketones (excluding diaryl/α,β-unsaturated/α-hetero) is 1. The molecule has 3 N–H and O–H groups in total. The predicted molar refractivity (Wildman–Crippen MR) is 129 cm³/mol. The van der Waals surface area contributed by atoms with Crippen molar-refractivity contribution in [3.8, 4) is 22.3 Å². The highest BCUT2D eigenvalue weighted by Gasteiger charge is 2.16. The average molecular weight is 470 g/mol. The number of carbonyl (C=O) groups excluding carboxylic acids is 2. The van der Waals surface area contributed by atoms with Crippen LogP contribution in [0.4, 0.5) is 20.6 Å². The first kappa shape index (κ1) is 23.2. The number of aromatic nitrogens is 2. The molecule has 9 heteroatoms. The zero-order valence-electron chi connectivity index (χ0n) is 18.2. The summed E-state index contributed by atoms with van der Waals surface area (Å²) in [5, 5.41) is 13.9. The lowest BCUT2D eigenvalue weighted by atomic mass is 10.0. The zero-order chi connectivity index (χ0) is 24.8. The summed E-state index contributed by atoms with van der Waals surface area (Å²) in [7, 11) is 0. The van der Waals surface area contributed by atoms with E-state index in [0.29, 0.717) is 11.1 Å². The standard InChI is InChI=1S/C26H19FN4O4/c27-21-7-2-1-6-20(21)17-8-9-22(31-26(34)35)23(11-17)30-25(33)12-24(32)18-5-3-4-16(10-18)19-13-28-15-29-14-19/h1-11,13-15,31H,12H2,(H,30,33)(H,34,35). The van der Waals surface area contributed by atoms with Crippen molar-refractivity contribution in [1.29, 1.82) is 0 Å². The van der Waals surface area contributed by atoms with E-state index in [9.17, 15) is 18.8 Å². The molecule has 8 nitrogen and oxygen atoms in total. The molecule has 0 aliphatic carbocycles. The molecule has 0 unspecified atom stereocenters.